The Kier molecular flexibility index (Phi) is 3.78. The number of nitrogens with one attached hydrogen (secondary N) is 1. The van der Waals surface area contributed by atoms with Crippen LogP contribution >= 0.6 is 11.6 Å². The molecule has 0 heterocycles. The molecule has 2 nitrogen and oxygen atoms in total. The Morgan fingerprint density at radius 3 is 2.61 bits per heavy atom. The van der Waals surface area contributed by atoms with Gasteiger partial charge in [-0.3, -0.25) is 0 Å². The summed E-state index contributed by atoms with van der Waals surface area (Å²) in [4.78, 5) is 2.14. The number of nitrogens with zero attached hydrogens (tertiary/aromatic N) is 1. The molecular weight excluding hydrogens is 244 g/mol. The van der Waals surface area contributed by atoms with E-state index in [4.69, 9.17) is 11.6 Å². The van der Waals surface area contributed by atoms with Gasteiger partial charge in [-0.15, -0.1) is 0 Å². The number of rotatable bonds is 3. The van der Waals surface area contributed by atoms with Gasteiger partial charge in [-0.25, -0.2) is 0 Å². The zero-order valence-corrected chi connectivity index (χ0v) is 11.6. The summed E-state index contributed by atoms with van der Waals surface area (Å²) in [5, 5.41) is 3.90. The number of hydrogen-bond donors (Lipinski definition) is 1. The molecule has 0 aliphatic rings. The van der Waals surface area contributed by atoms with Crippen molar-refractivity contribution in [2.75, 3.05) is 24.3 Å². The summed E-state index contributed by atoms with van der Waals surface area (Å²) in [5.74, 6) is 0. The monoisotopic (exact) mass is 260 g/mol. The first kappa shape index (κ1) is 12.8. The molecule has 0 amide bonds. The van der Waals surface area contributed by atoms with E-state index in [1.54, 1.807) is 0 Å². The van der Waals surface area contributed by atoms with Crippen LogP contribution < -0.4 is 10.2 Å². The Hall–Kier alpha value is -1.67. The second-order valence-electron chi connectivity index (χ2n) is 4.29. The van der Waals surface area contributed by atoms with E-state index in [1.807, 2.05) is 44.4 Å². The summed E-state index contributed by atoms with van der Waals surface area (Å²) in [7, 11) is 3.97. The minimum absolute atomic E-state index is 0.757. The van der Waals surface area contributed by atoms with Crippen molar-refractivity contribution in [1.29, 1.82) is 0 Å². The number of aryl methyl sites for hydroxylation is 1. The molecule has 2 aromatic carbocycles. The molecule has 0 aliphatic carbocycles. The van der Waals surface area contributed by atoms with Crippen molar-refractivity contribution in [2.45, 2.75) is 6.92 Å². The van der Waals surface area contributed by atoms with Crippen LogP contribution in [-0.4, -0.2) is 14.1 Å². The third-order valence-corrected chi connectivity index (χ3v) is 3.29. The van der Waals surface area contributed by atoms with E-state index in [0.29, 0.717) is 0 Å². The van der Waals surface area contributed by atoms with E-state index in [2.05, 4.69) is 29.3 Å². The van der Waals surface area contributed by atoms with Crippen molar-refractivity contribution >= 4 is 28.7 Å². The Morgan fingerprint density at radius 2 is 1.89 bits per heavy atom. The molecule has 0 bridgehead atoms. The molecule has 0 unspecified atom stereocenters. The Balaban J connectivity index is 2.40. The second-order valence-corrected chi connectivity index (χ2v) is 4.73. The van der Waals surface area contributed by atoms with Gasteiger partial charge in [0.25, 0.3) is 0 Å². The summed E-state index contributed by atoms with van der Waals surface area (Å²) in [6.07, 6.45) is 0. The quantitative estimate of drug-likeness (QED) is 0.877. The highest BCUT2D eigenvalue weighted by molar-refractivity contribution is 6.30. The average molecular weight is 261 g/mol. The van der Waals surface area contributed by atoms with Crippen LogP contribution in [0.15, 0.2) is 42.5 Å². The van der Waals surface area contributed by atoms with Gasteiger partial charge in [-0.05, 0) is 42.8 Å². The fraction of sp³-hybridized carbons (Fsp3) is 0.200. The molecular formula is C15H17ClN2. The van der Waals surface area contributed by atoms with Gasteiger partial charge in [0.1, 0.15) is 0 Å². The van der Waals surface area contributed by atoms with Crippen LogP contribution in [0.3, 0.4) is 0 Å². The van der Waals surface area contributed by atoms with E-state index >= 15 is 0 Å². The average Bonchev–Trinajstić information content (AvgIpc) is 2.41. The van der Waals surface area contributed by atoms with E-state index in [1.165, 1.54) is 5.56 Å². The molecule has 3 heteroatoms. The lowest BCUT2D eigenvalue weighted by Crippen LogP contribution is -2.11. The molecule has 2 rings (SSSR count). The lowest BCUT2D eigenvalue weighted by Gasteiger charge is -2.22. The minimum atomic E-state index is 0.757. The van der Waals surface area contributed by atoms with Crippen LogP contribution in [0.5, 0.6) is 0 Å². The molecule has 0 aliphatic heterocycles. The molecule has 0 saturated heterocycles. The summed E-state index contributed by atoms with van der Waals surface area (Å²) in [5.41, 5.74) is 4.55. The fourth-order valence-electron chi connectivity index (χ4n) is 1.95. The summed E-state index contributed by atoms with van der Waals surface area (Å²) >= 11 is 6.07. The number of benzene rings is 2. The van der Waals surface area contributed by atoms with Crippen molar-refractivity contribution < 1.29 is 0 Å². The zero-order valence-electron chi connectivity index (χ0n) is 10.9. The summed E-state index contributed by atoms with van der Waals surface area (Å²) in [6, 6.07) is 14.2. The molecule has 2 aromatic rings. The van der Waals surface area contributed by atoms with Gasteiger partial charge >= 0.3 is 0 Å². The van der Waals surface area contributed by atoms with Crippen LogP contribution in [0.25, 0.3) is 0 Å². The number of anilines is 3. The second kappa shape index (κ2) is 5.32. The molecule has 94 valence electrons. The minimum Gasteiger partial charge on any atom is -0.388 e. The van der Waals surface area contributed by atoms with Crippen molar-refractivity contribution in [1.82, 2.24) is 0 Å². The Morgan fingerprint density at radius 1 is 1.11 bits per heavy atom. The maximum Gasteiger partial charge on any atom is 0.0452 e. The van der Waals surface area contributed by atoms with E-state index in [9.17, 15) is 0 Å². The van der Waals surface area contributed by atoms with Gasteiger partial charge in [0.15, 0.2) is 0 Å². The molecule has 0 aromatic heterocycles. The van der Waals surface area contributed by atoms with E-state index < -0.39 is 0 Å². The Bertz CT molecular complexity index is 552. The van der Waals surface area contributed by atoms with Crippen LogP contribution in [0.1, 0.15) is 5.56 Å². The van der Waals surface area contributed by atoms with Crippen molar-refractivity contribution in [3.63, 3.8) is 0 Å². The largest absolute Gasteiger partial charge is 0.388 e. The Labute approximate surface area is 113 Å². The fourth-order valence-corrected chi connectivity index (χ4v) is 2.12. The molecule has 1 N–H and O–H groups in total. The lowest BCUT2D eigenvalue weighted by molar-refractivity contribution is 1.18. The van der Waals surface area contributed by atoms with Gasteiger partial charge in [0.05, 0.1) is 0 Å². The maximum atomic E-state index is 6.07. The topological polar surface area (TPSA) is 15.3 Å². The number of halogens is 1. The van der Waals surface area contributed by atoms with Gasteiger partial charge in [0, 0.05) is 36.2 Å². The van der Waals surface area contributed by atoms with Gasteiger partial charge in [-0.1, -0.05) is 23.7 Å². The van der Waals surface area contributed by atoms with E-state index in [-0.39, 0.29) is 0 Å². The molecule has 0 atom stereocenters. The lowest BCUT2D eigenvalue weighted by atomic mass is 10.1. The molecule has 0 saturated carbocycles. The highest BCUT2D eigenvalue weighted by atomic mass is 35.5. The first-order chi connectivity index (χ1) is 8.61. The SMILES string of the molecule is CNc1cccc(N(C)c2cc(Cl)ccc2C)c1. The normalized spacial score (nSPS) is 10.2. The highest BCUT2D eigenvalue weighted by Gasteiger charge is 2.08. The van der Waals surface area contributed by atoms with Gasteiger partial charge in [-0.2, -0.15) is 0 Å². The maximum absolute atomic E-state index is 6.07. The molecule has 0 spiro atoms. The summed E-state index contributed by atoms with van der Waals surface area (Å²) in [6.45, 7) is 2.09. The summed E-state index contributed by atoms with van der Waals surface area (Å²) < 4.78 is 0. The first-order valence-corrected chi connectivity index (χ1v) is 6.27. The standard InChI is InChI=1S/C15H17ClN2/c1-11-7-8-12(16)9-15(11)18(3)14-6-4-5-13(10-14)17-2/h4-10,17H,1-3H3. The molecule has 0 fully saturated rings. The van der Waals surface area contributed by atoms with Crippen molar-refractivity contribution in [3.05, 3.63) is 53.1 Å². The van der Waals surface area contributed by atoms with Gasteiger partial charge < -0.3 is 10.2 Å². The zero-order chi connectivity index (χ0) is 13.1. The van der Waals surface area contributed by atoms with E-state index in [0.717, 1.165) is 22.1 Å². The van der Waals surface area contributed by atoms with Crippen LogP contribution in [0, 0.1) is 6.92 Å². The van der Waals surface area contributed by atoms with Crippen LogP contribution in [0.4, 0.5) is 17.1 Å². The third-order valence-electron chi connectivity index (χ3n) is 3.05. The predicted octanol–water partition coefficient (Wildman–Crippen LogP) is 4.46. The van der Waals surface area contributed by atoms with Crippen LogP contribution in [-0.2, 0) is 0 Å². The van der Waals surface area contributed by atoms with Gasteiger partial charge in [0.2, 0.25) is 0 Å². The van der Waals surface area contributed by atoms with Crippen molar-refractivity contribution in [3.8, 4) is 0 Å². The number of hydrogen-bond acceptors (Lipinski definition) is 2. The van der Waals surface area contributed by atoms with Crippen molar-refractivity contribution in [2.24, 2.45) is 0 Å². The predicted molar refractivity (Wildman–Crippen MR) is 80.2 cm³/mol. The third kappa shape index (κ3) is 2.59. The smallest absolute Gasteiger partial charge is 0.0452 e. The first-order valence-electron chi connectivity index (χ1n) is 5.89. The van der Waals surface area contributed by atoms with Crippen LogP contribution in [0.2, 0.25) is 5.02 Å². The molecule has 18 heavy (non-hydrogen) atoms. The highest BCUT2D eigenvalue weighted by Crippen LogP contribution is 2.30. The molecule has 0 radical (unpaired) electrons.